The number of ether oxygens (including phenoxy) is 2. The predicted molar refractivity (Wildman–Crippen MR) is 177 cm³/mol. The second kappa shape index (κ2) is 14.3. The van der Waals surface area contributed by atoms with E-state index in [1.165, 1.54) is 11.8 Å². The molecule has 8 atom stereocenters. The molecule has 11 heteroatoms. The number of piperazine rings is 1. The lowest BCUT2D eigenvalue weighted by atomic mass is 9.46. The monoisotopic (exact) mass is 657 g/mol. The second-order valence-corrected chi connectivity index (χ2v) is 15.6. The van der Waals surface area contributed by atoms with Gasteiger partial charge in [-0.3, -0.25) is 14.4 Å². The van der Waals surface area contributed by atoms with Gasteiger partial charge in [0.1, 0.15) is 18.8 Å². The lowest BCUT2D eigenvalue weighted by molar-refractivity contribution is -0.187. The molecule has 1 amide bonds. The van der Waals surface area contributed by atoms with Crippen LogP contribution in [0.2, 0.25) is 0 Å². The number of nitrogen functional groups attached to an aromatic ring is 1. The number of esters is 2. The minimum atomic E-state index is -0.906. The molecule has 0 radical (unpaired) electrons. The fourth-order valence-electron chi connectivity index (χ4n) is 8.63. The molecule has 4 N–H and O–H groups in total. The smallest absolute Gasteiger partial charge is 0.312 e. The lowest BCUT2D eigenvalue weighted by Crippen LogP contribution is -2.58. The molecule has 0 bridgehead atoms. The number of allylic oxidation sites excluding steroid dienone is 1. The van der Waals surface area contributed by atoms with Crippen molar-refractivity contribution in [2.24, 2.45) is 28.6 Å². The number of hydrogen-bond donors (Lipinski definition) is 3. The molecule has 10 nitrogen and oxygen atoms in total. The SMILES string of the molecule is C=C1CCC2C(C)(CO)C(OC(=O)CCC(=O)N3CCN(C)CC3)CCC2(C)C1CC(Sc1ccccc1N)C1C(=O)OCC1O. The van der Waals surface area contributed by atoms with E-state index < -0.39 is 35.5 Å². The molecule has 46 heavy (non-hydrogen) atoms. The minimum absolute atomic E-state index is 0.00183. The highest BCUT2D eigenvalue weighted by atomic mass is 32.2. The van der Waals surface area contributed by atoms with Crippen molar-refractivity contribution in [1.82, 2.24) is 9.80 Å². The van der Waals surface area contributed by atoms with Crippen molar-refractivity contribution in [3.63, 3.8) is 0 Å². The average molecular weight is 658 g/mol. The first-order valence-corrected chi connectivity index (χ1v) is 17.6. The molecule has 2 saturated heterocycles. The number of benzene rings is 1. The van der Waals surface area contributed by atoms with Gasteiger partial charge in [0.05, 0.1) is 18.9 Å². The van der Waals surface area contributed by atoms with Gasteiger partial charge in [-0.15, -0.1) is 11.8 Å². The third kappa shape index (κ3) is 6.98. The van der Waals surface area contributed by atoms with E-state index in [1.807, 2.05) is 43.1 Å². The Labute approximate surface area is 277 Å². The number of carbonyl (C=O) groups is 3. The quantitative estimate of drug-likeness (QED) is 0.148. The van der Waals surface area contributed by atoms with Gasteiger partial charge in [-0.05, 0) is 68.5 Å². The van der Waals surface area contributed by atoms with Crippen LogP contribution in [-0.2, 0) is 23.9 Å². The van der Waals surface area contributed by atoms with Crippen LogP contribution in [0.3, 0.4) is 0 Å². The van der Waals surface area contributed by atoms with Gasteiger partial charge < -0.3 is 35.2 Å². The van der Waals surface area contributed by atoms with E-state index in [-0.39, 0.29) is 54.5 Å². The van der Waals surface area contributed by atoms with E-state index in [4.69, 9.17) is 15.2 Å². The maximum atomic E-state index is 13.1. The third-order valence-corrected chi connectivity index (χ3v) is 12.9. The first kappa shape index (κ1) is 34.7. The summed E-state index contributed by atoms with van der Waals surface area (Å²) in [5.41, 5.74) is 7.04. The number of nitrogens with zero attached hydrogens (tertiary/aromatic N) is 2. The summed E-state index contributed by atoms with van der Waals surface area (Å²) in [6, 6.07) is 7.54. The van der Waals surface area contributed by atoms with Crippen molar-refractivity contribution < 1.29 is 34.1 Å². The van der Waals surface area contributed by atoms with Gasteiger partial charge in [-0.1, -0.05) is 38.1 Å². The van der Waals surface area contributed by atoms with E-state index >= 15 is 0 Å². The van der Waals surface area contributed by atoms with Crippen molar-refractivity contribution in [3.8, 4) is 0 Å². The standard InChI is InChI=1S/C35H51N3O7S/c1-22-9-10-28-34(2,23(22)19-27(32-25(40)20-44-33(32)43)46-26-8-6-5-7-24(26)36)14-13-29(35(28,3)21-39)45-31(42)12-11-30(41)38-17-15-37(4)16-18-38/h5-8,23,25,27-29,32,39-40H,1,9-21,36H2,2-4H3. The largest absolute Gasteiger partial charge is 0.463 e. The number of cyclic esters (lactones) is 1. The molecule has 4 aliphatic rings. The summed E-state index contributed by atoms with van der Waals surface area (Å²) in [6.45, 7) is 11.6. The van der Waals surface area contributed by atoms with Crippen molar-refractivity contribution in [1.29, 1.82) is 0 Å². The number of aliphatic hydroxyl groups is 2. The van der Waals surface area contributed by atoms with Crippen molar-refractivity contribution in [2.75, 3.05) is 52.2 Å². The van der Waals surface area contributed by atoms with Crippen LogP contribution >= 0.6 is 11.8 Å². The van der Waals surface area contributed by atoms with Crippen LogP contribution in [0.25, 0.3) is 0 Å². The van der Waals surface area contributed by atoms with Crippen molar-refractivity contribution in [2.45, 2.75) is 81.1 Å². The Balaban J connectivity index is 1.31. The molecule has 4 fully saturated rings. The Kier molecular flexibility index (Phi) is 10.8. The maximum absolute atomic E-state index is 13.1. The number of thioether (sulfide) groups is 1. The summed E-state index contributed by atoms with van der Waals surface area (Å²) in [6.07, 6.45) is 2.22. The molecule has 254 valence electrons. The summed E-state index contributed by atoms with van der Waals surface area (Å²) in [7, 11) is 2.03. The first-order chi connectivity index (χ1) is 21.9. The molecule has 0 aromatic heterocycles. The minimum Gasteiger partial charge on any atom is -0.463 e. The van der Waals surface area contributed by atoms with Gasteiger partial charge in [0, 0.05) is 53.8 Å². The van der Waals surface area contributed by atoms with E-state index in [2.05, 4.69) is 18.4 Å². The highest BCUT2D eigenvalue weighted by molar-refractivity contribution is 8.00. The Morgan fingerprint density at radius 2 is 1.89 bits per heavy atom. The van der Waals surface area contributed by atoms with Crippen molar-refractivity contribution in [3.05, 3.63) is 36.4 Å². The van der Waals surface area contributed by atoms with Crippen LogP contribution in [0.15, 0.2) is 41.3 Å². The first-order valence-electron chi connectivity index (χ1n) is 16.7. The van der Waals surface area contributed by atoms with Crippen LogP contribution in [0.5, 0.6) is 0 Å². The molecule has 8 unspecified atom stereocenters. The van der Waals surface area contributed by atoms with Gasteiger partial charge in [0.15, 0.2) is 0 Å². The Bertz CT molecular complexity index is 1300. The van der Waals surface area contributed by atoms with Gasteiger partial charge >= 0.3 is 11.9 Å². The zero-order valence-electron chi connectivity index (χ0n) is 27.5. The second-order valence-electron chi connectivity index (χ2n) is 14.3. The number of rotatable bonds is 10. The van der Waals surface area contributed by atoms with Gasteiger partial charge in [0.2, 0.25) is 5.91 Å². The molecule has 1 aromatic rings. The number of nitrogens with two attached hydrogens (primary N) is 1. The normalized spacial score (nSPS) is 34.1. The van der Waals surface area contributed by atoms with Gasteiger partial charge in [-0.25, -0.2) is 0 Å². The number of fused-ring (bicyclic) bond motifs is 1. The van der Waals surface area contributed by atoms with Crippen molar-refractivity contribution >= 4 is 35.3 Å². The van der Waals surface area contributed by atoms with Crippen LogP contribution in [0.1, 0.15) is 58.8 Å². The fraction of sp³-hybridized carbons (Fsp3) is 0.686. The molecule has 2 aliphatic heterocycles. The third-order valence-electron chi connectivity index (χ3n) is 11.5. The molecular weight excluding hydrogens is 606 g/mol. The van der Waals surface area contributed by atoms with Crippen LogP contribution in [0, 0.1) is 28.6 Å². The number of para-hydroxylation sites is 1. The highest BCUT2D eigenvalue weighted by Gasteiger charge is 2.59. The van der Waals surface area contributed by atoms with E-state index in [0.717, 1.165) is 42.8 Å². The Hall–Kier alpha value is -2.60. The lowest BCUT2D eigenvalue weighted by Gasteiger charge is -2.60. The summed E-state index contributed by atoms with van der Waals surface area (Å²) >= 11 is 1.51. The molecule has 1 aromatic carbocycles. The predicted octanol–water partition coefficient (Wildman–Crippen LogP) is 3.50. The molecule has 2 aliphatic carbocycles. The van der Waals surface area contributed by atoms with E-state index in [1.54, 1.807) is 0 Å². The van der Waals surface area contributed by atoms with Gasteiger partial charge in [0.25, 0.3) is 0 Å². The topological polar surface area (TPSA) is 143 Å². The van der Waals surface area contributed by atoms with Crippen LogP contribution < -0.4 is 5.73 Å². The summed E-state index contributed by atoms with van der Waals surface area (Å²) < 4.78 is 11.4. The number of anilines is 1. The van der Waals surface area contributed by atoms with Crippen LogP contribution in [-0.4, -0.2) is 102 Å². The Morgan fingerprint density at radius 1 is 1.17 bits per heavy atom. The Morgan fingerprint density at radius 3 is 2.54 bits per heavy atom. The number of amides is 1. The summed E-state index contributed by atoms with van der Waals surface area (Å²) in [5.74, 6) is -1.51. The zero-order valence-corrected chi connectivity index (χ0v) is 28.3. The van der Waals surface area contributed by atoms with Gasteiger partial charge in [-0.2, -0.15) is 0 Å². The van der Waals surface area contributed by atoms with Crippen LogP contribution in [0.4, 0.5) is 5.69 Å². The molecule has 2 saturated carbocycles. The highest BCUT2D eigenvalue weighted by Crippen LogP contribution is 2.63. The molecule has 5 rings (SSSR count). The van der Waals surface area contributed by atoms with E-state index in [9.17, 15) is 24.6 Å². The zero-order chi connectivity index (χ0) is 33.2. The number of hydrogen-bond acceptors (Lipinski definition) is 10. The fourth-order valence-corrected chi connectivity index (χ4v) is 10.0. The molecule has 0 spiro atoms. The average Bonchev–Trinajstić information content (AvgIpc) is 3.37. The number of carbonyl (C=O) groups excluding carboxylic acids is 3. The molecular formula is C35H51N3O7S. The summed E-state index contributed by atoms with van der Waals surface area (Å²) in [5, 5.41) is 21.5. The number of aliphatic hydroxyl groups excluding tert-OH is 2. The molecule has 2 heterocycles. The van der Waals surface area contributed by atoms with E-state index in [0.29, 0.717) is 31.6 Å². The summed E-state index contributed by atoms with van der Waals surface area (Å²) in [4.78, 5) is 43.6. The number of likely N-dealkylation sites (N-methyl/N-ethyl adjacent to an activating group) is 1. The maximum Gasteiger partial charge on any atom is 0.312 e.